The van der Waals surface area contributed by atoms with Crippen LogP contribution < -0.4 is 19.3 Å². The van der Waals surface area contributed by atoms with Crippen LogP contribution in [0.5, 0.6) is 11.8 Å². The van der Waals surface area contributed by atoms with Gasteiger partial charge >= 0.3 is 6.01 Å². The molecule has 2 aromatic heterocycles. The lowest BCUT2D eigenvalue weighted by molar-refractivity contribution is -0.114. The molecule has 2 aromatic rings. The van der Waals surface area contributed by atoms with Crippen molar-refractivity contribution in [2.75, 3.05) is 43.2 Å². The van der Waals surface area contributed by atoms with Gasteiger partial charge in [-0.2, -0.15) is 15.2 Å². The first kappa shape index (κ1) is 31.9. The van der Waals surface area contributed by atoms with Gasteiger partial charge in [-0.3, -0.25) is 9.78 Å². The number of carbonyl (C=O) groups excluding carboxylic acids is 1. The Hall–Kier alpha value is -3.67. The van der Waals surface area contributed by atoms with Gasteiger partial charge < -0.3 is 19.3 Å². The first-order valence-electron chi connectivity index (χ1n) is 14.9. The molecule has 1 aliphatic heterocycles. The minimum atomic E-state index is 0.0626. The smallest absolute Gasteiger partial charge is 0.318 e. The molecule has 0 N–H and O–H groups in total. The number of rotatable bonds is 18. The molecule has 0 radical (unpaired) electrons. The van der Waals surface area contributed by atoms with E-state index in [0.717, 1.165) is 73.7 Å². The molecule has 222 valence electrons. The summed E-state index contributed by atoms with van der Waals surface area (Å²) in [6.45, 7) is 13.4. The van der Waals surface area contributed by atoms with Crippen LogP contribution in [0, 0.1) is 23.2 Å². The number of unbranched alkanes of at least 4 members (excludes halogenated alkanes) is 2. The zero-order valence-electron chi connectivity index (χ0n) is 25.3. The monoisotopic (exact) mass is 562 g/mol. The molecule has 2 atom stereocenters. The first-order valence-corrected chi connectivity index (χ1v) is 14.9. The van der Waals surface area contributed by atoms with Crippen molar-refractivity contribution in [2.45, 2.75) is 78.7 Å². The van der Waals surface area contributed by atoms with Crippen molar-refractivity contribution >= 4 is 17.3 Å². The molecule has 0 spiro atoms. The Morgan fingerprint density at radius 2 is 2.10 bits per heavy atom. The van der Waals surface area contributed by atoms with Gasteiger partial charge in [0.1, 0.15) is 11.6 Å². The number of pyridine rings is 1. The van der Waals surface area contributed by atoms with Gasteiger partial charge in [0.25, 0.3) is 0 Å². The third-order valence-corrected chi connectivity index (χ3v) is 7.49. The number of nitriles is 1. The first-order chi connectivity index (χ1) is 19.9. The molecule has 0 unspecified atom stereocenters. The summed E-state index contributed by atoms with van der Waals surface area (Å²) in [5.41, 5.74) is 2.98. The van der Waals surface area contributed by atoms with Crippen LogP contribution in [-0.4, -0.2) is 54.1 Å². The fourth-order valence-electron chi connectivity index (χ4n) is 5.14. The lowest BCUT2D eigenvalue weighted by Gasteiger charge is -2.34. The van der Waals surface area contributed by atoms with Gasteiger partial charge in [0.15, 0.2) is 5.78 Å². The van der Waals surface area contributed by atoms with Gasteiger partial charge in [-0.05, 0) is 43.6 Å². The highest BCUT2D eigenvalue weighted by atomic mass is 16.5. The standard InChI is InChI=1S/C32H46N6O3/c1-6-8-11-25(4)23-41-32-35-28-22-37(29-20-34-17-14-30(29)40-5)19-15-27(28)31(36-32)38(21-24(3)13-16-33)18-10-9-12-26(39)7-2/h7,14,17,20,24-25H,2,6,8-13,15,18-19,21-23H2,1,3-5H3/t24-,25-/m0/s1. The van der Waals surface area contributed by atoms with E-state index in [1.165, 1.54) is 12.5 Å². The lowest BCUT2D eigenvalue weighted by Crippen LogP contribution is -2.36. The number of ketones is 1. The normalized spacial score (nSPS) is 14.0. The number of methoxy groups -OCH3 is 1. The van der Waals surface area contributed by atoms with E-state index < -0.39 is 0 Å². The molecule has 41 heavy (non-hydrogen) atoms. The van der Waals surface area contributed by atoms with E-state index in [-0.39, 0.29) is 11.7 Å². The molecule has 0 amide bonds. The van der Waals surface area contributed by atoms with Crippen molar-refractivity contribution in [1.82, 2.24) is 15.0 Å². The quantitative estimate of drug-likeness (QED) is 0.161. The Morgan fingerprint density at radius 1 is 1.27 bits per heavy atom. The molecule has 0 saturated carbocycles. The van der Waals surface area contributed by atoms with Gasteiger partial charge in [-0.1, -0.05) is 40.2 Å². The minimum Gasteiger partial charge on any atom is -0.494 e. The molecule has 0 aliphatic carbocycles. The molecule has 3 heterocycles. The number of fused-ring (bicyclic) bond motifs is 1. The van der Waals surface area contributed by atoms with Crippen LogP contribution in [0.1, 0.15) is 77.0 Å². The predicted molar refractivity (Wildman–Crippen MR) is 162 cm³/mol. The molecule has 0 fully saturated rings. The molecular formula is C32H46N6O3. The maximum atomic E-state index is 11.8. The highest BCUT2D eigenvalue weighted by Crippen LogP contribution is 2.34. The predicted octanol–water partition coefficient (Wildman–Crippen LogP) is 5.93. The fraction of sp³-hybridized carbons (Fsp3) is 0.594. The average molecular weight is 563 g/mol. The summed E-state index contributed by atoms with van der Waals surface area (Å²) in [7, 11) is 1.67. The van der Waals surface area contributed by atoms with Gasteiger partial charge in [0.05, 0.1) is 43.9 Å². The molecule has 9 nitrogen and oxygen atoms in total. The zero-order valence-corrected chi connectivity index (χ0v) is 25.3. The van der Waals surface area contributed by atoms with Gasteiger partial charge in [0.2, 0.25) is 0 Å². The molecule has 3 rings (SSSR count). The summed E-state index contributed by atoms with van der Waals surface area (Å²) in [4.78, 5) is 30.5. The van der Waals surface area contributed by atoms with Crippen molar-refractivity contribution in [3.05, 3.63) is 42.4 Å². The van der Waals surface area contributed by atoms with Crippen LogP contribution >= 0.6 is 0 Å². The van der Waals surface area contributed by atoms with Gasteiger partial charge in [0, 0.05) is 50.3 Å². The summed E-state index contributed by atoms with van der Waals surface area (Å²) in [5.74, 6) is 2.29. The van der Waals surface area contributed by atoms with E-state index >= 15 is 0 Å². The van der Waals surface area contributed by atoms with Crippen molar-refractivity contribution in [3.63, 3.8) is 0 Å². The van der Waals surface area contributed by atoms with Crippen LogP contribution in [0.15, 0.2) is 31.1 Å². The highest BCUT2D eigenvalue weighted by molar-refractivity contribution is 5.88. The number of anilines is 2. The maximum Gasteiger partial charge on any atom is 0.318 e. The van der Waals surface area contributed by atoms with Crippen molar-refractivity contribution < 1.29 is 14.3 Å². The molecule has 1 aliphatic rings. The van der Waals surface area contributed by atoms with Gasteiger partial charge in [-0.15, -0.1) is 0 Å². The SMILES string of the molecule is C=CC(=O)CCCCN(C[C@@H](C)CC#N)c1nc(OC[C@@H](C)CCCC)nc2c1CCN(c1cnccc1OC)C2. The van der Waals surface area contributed by atoms with Crippen LogP contribution in [-0.2, 0) is 17.8 Å². The second kappa shape index (κ2) is 16.6. The van der Waals surface area contributed by atoms with Crippen LogP contribution in [0.4, 0.5) is 11.5 Å². The maximum absolute atomic E-state index is 11.8. The lowest BCUT2D eigenvalue weighted by atomic mass is 10.0. The second-order valence-electron chi connectivity index (χ2n) is 11.1. The van der Waals surface area contributed by atoms with E-state index in [1.54, 1.807) is 13.3 Å². The van der Waals surface area contributed by atoms with Crippen molar-refractivity contribution in [2.24, 2.45) is 11.8 Å². The highest BCUT2D eigenvalue weighted by Gasteiger charge is 2.28. The molecule has 0 aromatic carbocycles. The number of aromatic nitrogens is 3. The summed E-state index contributed by atoms with van der Waals surface area (Å²) in [5, 5.41) is 9.34. The number of ether oxygens (including phenoxy) is 2. The second-order valence-corrected chi connectivity index (χ2v) is 11.1. The molecular weight excluding hydrogens is 516 g/mol. The minimum absolute atomic E-state index is 0.0626. The summed E-state index contributed by atoms with van der Waals surface area (Å²) >= 11 is 0. The number of hydrogen-bond acceptors (Lipinski definition) is 9. The van der Waals surface area contributed by atoms with E-state index in [2.05, 4.69) is 48.2 Å². The number of carbonyl (C=O) groups is 1. The largest absolute Gasteiger partial charge is 0.494 e. The van der Waals surface area contributed by atoms with E-state index in [1.807, 2.05) is 12.3 Å². The Balaban J connectivity index is 1.94. The van der Waals surface area contributed by atoms with Crippen LogP contribution in [0.2, 0.25) is 0 Å². The van der Waals surface area contributed by atoms with E-state index in [9.17, 15) is 10.1 Å². The van der Waals surface area contributed by atoms with Crippen LogP contribution in [0.25, 0.3) is 0 Å². The summed E-state index contributed by atoms with van der Waals surface area (Å²) in [6, 6.07) is 4.57. The Kier molecular flexibility index (Phi) is 12.9. The third-order valence-electron chi connectivity index (χ3n) is 7.49. The van der Waals surface area contributed by atoms with Crippen molar-refractivity contribution in [3.8, 4) is 17.8 Å². The van der Waals surface area contributed by atoms with E-state index in [4.69, 9.17) is 19.4 Å². The Morgan fingerprint density at radius 3 is 2.83 bits per heavy atom. The number of allylic oxidation sites excluding steroid dienone is 1. The summed E-state index contributed by atoms with van der Waals surface area (Å²) in [6.07, 6.45) is 11.7. The van der Waals surface area contributed by atoms with Crippen molar-refractivity contribution in [1.29, 1.82) is 5.26 Å². The Bertz CT molecular complexity index is 1180. The molecule has 0 bridgehead atoms. The summed E-state index contributed by atoms with van der Waals surface area (Å²) < 4.78 is 11.8. The zero-order chi connectivity index (χ0) is 29.6. The average Bonchev–Trinajstić information content (AvgIpc) is 2.99. The van der Waals surface area contributed by atoms with Crippen LogP contribution in [0.3, 0.4) is 0 Å². The fourth-order valence-corrected chi connectivity index (χ4v) is 5.14. The number of nitrogens with zero attached hydrogens (tertiary/aromatic N) is 6. The molecule has 9 heteroatoms. The number of hydrogen-bond donors (Lipinski definition) is 0. The van der Waals surface area contributed by atoms with Gasteiger partial charge in [-0.25, -0.2) is 0 Å². The third kappa shape index (κ3) is 9.44. The van der Waals surface area contributed by atoms with E-state index in [0.29, 0.717) is 44.5 Å². The topological polar surface area (TPSA) is 104 Å². The Labute approximate surface area is 245 Å². The molecule has 0 saturated heterocycles.